The van der Waals surface area contributed by atoms with Gasteiger partial charge in [-0.15, -0.1) is 0 Å². The van der Waals surface area contributed by atoms with E-state index in [1.54, 1.807) is 6.20 Å². The molecule has 96 valence electrons. The van der Waals surface area contributed by atoms with Gasteiger partial charge in [0.05, 0.1) is 5.69 Å². The minimum atomic E-state index is -0.297. The van der Waals surface area contributed by atoms with E-state index < -0.39 is 0 Å². The third-order valence-electron chi connectivity index (χ3n) is 2.96. The molecule has 0 aromatic carbocycles. The van der Waals surface area contributed by atoms with E-state index in [9.17, 15) is 0 Å². The van der Waals surface area contributed by atoms with E-state index in [1.165, 1.54) is 0 Å². The Hall–Kier alpha value is -1.56. The molecule has 0 aliphatic heterocycles. The summed E-state index contributed by atoms with van der Waals surface area (Å²) in [5.41, 5.74) is 6.44. The summed E-state index contributed by atoms with van der Waals surface area (Å²) in [5.74, 6) is 0.264. The number of aromatic nitrogens is 2. The van der Waals surface area contributed by atoms with Gasteiger partial charge in [-0.25, -0.2) is 0 Å². The average Bonchev–Trinajstić information content (AvgIpc) is 2.69. The first kappa shape index (κ1) is 13.5. The van der Waals surface area contributed by atoms with Gasteiger partial charge in [-0.05, 0) is 19.0 Å². The molecule has 0 bridgehead atoms. The summed E-state index contributed by atoms with van der Waals surface area (Å²) in [6.07, 6.45) is 2.58. The molecule has 6 heteroatoms. The van der Waals surface area contributed by atoms with Gasteiger partial charge in [-0.2, -0.15) is 5.10 Å². The highest BCUT2D eigenvalue weighted by Crippen LogP contribution is 2.19. The molecule has 0 spiro atoms. The van der Waals surface area contributed by atoms with E-state index in [0.717, 1.165) is 25.2 Å². The van der Waals surface area contributed by atoms with Crippen molar-refractivity contribution in [3.63, 3.8) is 0 Å². The zero-order valence-electron chi connectivity index (χ0n) is 10.6. The lowest BCUT2D eigenvalue weighted by atomic mass is 9.88. The minimum Gasteiger partial charge on any atom is -0.409 e. The summed E-state index contributed by atoms with van der Waals surface area (Å²) in [6, 6.07) is 1.97. The number of hydrogen-bond acceptors (Lipinski definition) is 4. The van der Waals surface area contributed by atoms with Crippen LogP contribution < -0.4 is 11.1 Å². The van der Waals surface area contributed by atoms with Crippen LogP contribution in [0.2, 0.25) is 0 Å². The van der Waals surface area contributed by atoms with Crippen LogP contribution in [0, 0.1) is 5.41 Å². The first-order valence-corrected chi connectivity index (χ1v) is 5.63. The van der Waals surface area contributed by atoms with Crippen LogP contribution in [0.1, 0.15) is 26.0 Å². The molecule has 1 aromatic heterocycles. The van der Waals surface area contributed by atoms with Gasteiger partial charge in [0.1, 0.15) is 5.84 Å². The Morgan fingerprint density at radius 2 is 2.35 bits per heavy atom. The number of hydrogen-bond donors (Lipinski definition) is 3. The Morgan fingerprint density at radius 1 is 1.65 bits per heavy atom. The molecule has 0 unspecified atom stereocenters. The van der Waals surface area contributed by atoms with Crippen molar-refractivity contribution in [2.24, 2.45) is 23.4 Å². The van der Waals surface area contributed by atoms with Crippen molar-refractivity contribution in [1.82, 2.24) is 15.1 Å². The van der Waals surface area contributed by atoms with Gasteiger partial charge in [0.15, 0.2) is 0 Å². The molecular weight excluding hydrogens is 218 g/mol. The Morgan fingerprint density at radius 3 is 2.88 bits per heavy atom. The van der Waals surface area contributed by atoms with Gasteiger partial charge >= 0.3 is 0 Å². The van der Waals surface area contributed by atoms with Gasteiger partial charge in [0, 0.05) is 25.2 Å². The number of nitrogens with zero attached hydrogens (tertiary/aromatic N) is 3. The Kier molecular flexibility index (Phi) is 4.51. The van der Waals surface area contributed by atoms with Crippen molar-refractivity contribution in [3.05, 3.63) is 18.0 Å². The predicted octanol–water partition coefficient (Wildman–Crippen LogP) is 0.672. The van der Waals surface area contributed by atoms with Crippen LogP contribution >= 0.6 is 0 Å². The van der Waals surface area contributed by atoms with Gasteiger partial charge in [0.25, 0.3) is 0 Å². The Balaban J connectivity index is 2.32. The minimum absolute atomic E-state index is 0.264. The standard InChI is InChI=1S/C11H21N5O/c1-11(2,10(12)15-17)5-7-13-8-9-4-6-14-16(9)3/h4,6,13,17H,5,7-8H2,1-3H3,(H2,12,15). The molecule has 0 amide bonds. The second-order valence-electron chi connectivity index (χ2n) is 4.74. The molecule has 0 radical (unpaired) electrons. The first-order valence-electron chi connectivity index (χ1n) is 5.63. The zero-order chi connectivity index (χ0) is 12.9. The van der Waals surface area contributed by atoms with Crippen molar-refractivity contribution in [3.8, 4) is 0 Å². The highest BCUT2D eigenvalue weighted by molar-refractivity contribution is 5.85. The fraction of sp³-hybridized carbons (Fsp3) is 0.636. The van der Waals surface area contributed by atoms with Gasteiger partial charge in [-0.3, -0.25) is 4.68 Å². The van der Waals surface area contributed by atoms with Crippen LogP contribution in [0.3, 0.4) is 0 Å². The van der Waals surface area contributed by atoms with E-state index in [4.69, 9.17) is 10.9 Å². The summed E-state index contributed by atoms with van der Waals surface area (Å²) in [6.45, 7) is 5.47. The zero-order valence-corrected chi connectivity index (χ0v) is 10.6. The lowest BCUT2D eigenvalue weighted by molar-refractivity contribution is 0.305. The number of nitrogens with two attached hydrogens (primary N) is 1. The summed E-state index contributed by atoms with van der Waals surface area (Å²) in [4.78, 5) is 0. The molecule has 1 rings (SSSR count). The highest BCUT2D eigenvalue weighted by Gasteiger charge is 2.22. The smallest absolute Gasteiger partial charge is 0.144 e. The number of nitrogens with one attached hydrogen (secondary N) is 1. The highest BCUT2D eigenvalue weighted by atomic mass is 16.4. The van der Waals surface area contributed by atoms with E-state index in [0.29, 0.717) is 0 Å². The summed E-state index contributed by atoms with van der Waals surface area (Å²) < 4.78 is 1.84. The quantitative estimate of drug-likeness (QED) is 0.224. The number of aryl methyl sites for hydroxylation is 1. The van der Waals surface area contributed by atoms with Crippen LogP contribution in [0.25, 0.3) is 0 Å². The third-order valence-corrected chi connectivity index (χ3v) is 2.96. The van der Waals surface area contributed by atoms with Crippen molar-refractivity contribution < 1.29 is 5.21 Å². The topological polar surface area (TPSA) is 88.5 Å². The second kappa shape index (κ2) is 5.67. The molecule has 6 nitrogen and oxygen atoms in total. The fourth-order valence-corrected chi connectivity index (χ4v) is 1.46. The normalized spacial score (nSPS) is 13.0. The van der Waals surface area contributed by atoms with Crippen molar-refractivity contribution in [2.75, 3.05) is 6.54 Å². The molecule has 0 aliphatic rings. The summed E-state index contributed by atoms with van der Waals surface area (Å²) >= 11 is 0. The van der Waals surface area contributed by atoms with Crippen LogP contribution in [-0.2, 0) is 13.6 Å². The number of oxime groups is 1. The third kappa shape index (κ3) is 3.74. The fourth-order valence-electron chi connectivity index (χ4n) is 1.46. The van der Waals surface area contributed by atoms with Crippen molar-refractivity contribution >= 4 is 5.84 Å². The van der Waals surface area contributed by atoms with E-state index in [1.807, 2.05) is 31.6 Å². The van der Waals surface area contributed by atoms with Crippen LogP contribution in [-0.4, -0.2) is 27.4 Å². The van der Waals surface area contributed by atoms with Crippen molar-refractivity contribution in [1.29, 1.82) is 0 Å². The van der Waals surface area contributed by atoms with Gasteiger partial charge in [0.2, 0.25) is 0 Å². The molecule has 1 aromatic rings. The maximum absolute atomic E-state index is 8.64. The van der Waals surface area contributed by atoms with E-state index in [2.05, 4.69) is 15.6 Å². The molecule has 1 heterocycles. The second-order valence-corrected chi connectivity index (χ2v) is 4.74. The average molecular weight is 239 g/mol. The molecule has 0 aliphatic carbocycles. The molecular formula is C11H21N5O. The molecule has 0 atom stereocenters. The lowest BCUT2D eigenvalue weighted by Gasteiger charge is -2.22. The Labute approximate surface area is 101 Å². The lowest BCUT2D eigenvalue weighted by Crippen LogP contribution is -2.34. The summed E-state index contributed by atoms with van der Waals surface area (Å²) in [7, 11) is 1.91. The summed E-state index contributed by atoms with van der Waals surface area (Å²) in [5, 5.41) is 19.1. The molecule has 0 saturated heterocycles. The van der Waals surface area contributed by atoms with Crippen molar-refractivity contribution in [2.45, 2.75) is 26.8 Å². The maximum Gasteiger partial charge on any atom is 0.144 e. The SMILES string of the molecule is Cn1nccc1CNCCC(C)(C)C(N)=NO. The van der Waals surface area contributed by atoms with Crippen LogP contribution in [0.15, 0.2) is 17.4 Å². The van der Waals surface area contributed by atoms with E-state index in [-0.39, 0.29) is 11.3 Å². The van der Waals surface area contributed by atoms with Gasteiger partial charge < -0.3 is 16.3 Å². The monoisotopic (exact) mass is 239 g/mol. The number of rotatable bonds is 6. The van der Waals surface area contributed by atoms with E-state index >= 15 is 0 Å². The molecule has 0 saturated carbocycles. The number of amidine groups is 1. The largest absolute Gasteiger partial charge is 0.409 e. The predicted molar refractivity (Wildman–Crippen MR) is 66.7 cm³/mol. The molecule has 0 fully saturated rings. The first-order chi connectivity index (χ1) is 7.97. The maximum atomic E-state index is 8.64. The Bertz CT molecular complexity index is 383. The molecule has 17 heavy (non-hydrogen) atoms. The van der Waals surface area contributed by atoms with Crippen LogP contribution in [0.4, 0.5) is 0 Å². The molecule has 4 N–H and O–H groups in total. The van der Waals surface area contributed by atoms with Crippen LogP contribution in [0.5, 0.6) is 0 Å². The van der Waals surface area contributed by atoms with Gasteiger partial charge in [-0.1, -0.05) is 19.0 Å².